The molecule has 1 saturated heterocycles. The smallest absolute Gasteiger partial charge is 0.266 e. The van der Waals surface area contributed by atoms with Crippen LogP contribution in [0.15, 0.2) is 58.4 Å². The molecule has 6 heteroatoms. The Labute approximate surface area is 157 Å². The van der Waals surface area contributed by atoms with Crippen molar-refractivity contribution in [1.29, 1.82) is 0 Å². The normalized spacial score (nSPS) is 17.2. The van der Waals surface area contributed by atoms with Gasteiger partial charge in [-0.25, -0.2) is 0 Å². The van der Waals surface area contributed by atoms with Crippen LogP contribution in [-0.2, 0) is 11.4 Å². The highest BCUT2D eigenvalue weighted by Crippen LogP contribution is 2.34. The zero-order valence-electron chi connectivity index (χ0n) is 14.9. The van der Waals surface area contributed by atoms with Gasteiger partial charge in [0.15, 0.2) is 16.7 Å². The second-order valence-electron chi connectivity index (χ2n) is 5.67. The fourth-order valence-corrected chi connectivity index (χ4v) is 3.46. The van der Waals surface area contributed by atoms with Crippen molar-refractivity contribution in [2.45, 2.75) is 6.61 Å². The number of amides is 1. The highest BCUT2D eigenvalue weighted by molar-refractivity contribution is 8.18. The topological polar surface area (TPSA) is 51.1 Å². The molecule has 0 aliphatic carbocycles. The fourth-order valence-electron chi connectivity index (χ4n) is 2.53. The van der Waals surface area contributed by atoms with Crippen molar-refractivity contribution < 1.29 is 14.3 Å². The second kappa shape index (κ2) is 8.10. The minimum atomic E-state index is -0.0572. The zero-order chi connectivity index (χ0) is 18.5. The van der Waals surface area contributed by atoms with E-state index in [1.54, 1.807) is 26.1 Å². The maximum absolute atomic E-state index is 12.3. The van der Waals surface area contributed by atoms with Gasteiger partial charge in [-0.2, -0.15) is 0 Å². The van der Waals surface area contributed by atoms with E-state index in [1.807, 2.05) is 54.6 Å². The number of hydrogen-bond donors (Lipinski definition) is 0. The molecule has 0 unspecified atom stereocenters. The van der Waals surface area contributed by atoms with Crippen LogP contribution in [0, 0.1) is 0 Å². The first-order valence-electron chi connectivity index (χ1n) is 8.11. The standard InChI is InChI=1S/C20H20N2O3S/c1-21-20-22(2)19(23)18(26-20)12-15-9-10-16(24-3)17(11-15)25-13-14-7-5-4-6-8-14/h4-12H,13H2,1-3H3/b18-12+,21-20?. The van der Waals surface area contributed by atoms with Crippen LogP contribution in [0.2, 0.25) is 0 Å². The summed E-state index contributed by atoms with van der Waals surface area (Å²) in [6.07, 6.45) is 1.84. The van der Waals surface area contributed by atoms with E-state index in [0.717, 1.165) is 11.1 Å². The molecule has 0 saturated carbocycles. The molecule has 0 bridgehead atoms. The highest BCUT2D eigenvalue weighted by atomic mass is 32.2. The zero-order valence-corrected chi connectivity index (χ0v) is 15.7. The van der Waals surface area contributed by atoms with Crippen molar-refractivity contribution in [3.63, 3.8) is 0 Å². The average Bonchev–Trinajstić information content (AvgIpc) is 2.95. The molecule has 0 atom stereocenters. The maximum Gasteiger partial charge on any atom is 0.266 e. The van der Waals surface area contributed by atoms with Gasteiger partial charge in [0, 0.05) is 14.1 Å². The first-order chi connectivity index (χ1) is 12.6. The van der Waals surface area contributed by atoms with Crippen LogP contribution in [0.3, 0.4) is 0 Å². The highest BCUT2D eigenvalue weighted by Gasteiger charge is 2.29. The van der Waals surface area contributed by atoms with E-state index in [4.69, 9.17) is 9.47 Å². The van der Waals surface area contributed by atoms with E-state index >= 15 is 0 Å². The van der Waals surface area contributed by atoms with E-state index in [9.17, 15) is 4.79 Å². The molecule has 1 aliphatic heterocycles. The van der Waals surface area contributed by atoms with Crippen molar-refractivity contribution in [2.24, 2.45) is 4.99 Å². The van der Waals surface area contributed by atoms with Crippen LogP contribution in [-0.4, -0.2) is 37.2 Å². The number of methoxy groups -OCH3 is 1. The summed E-state index contributed by atoms with van der Waals surface area (Å²) in [5.41, 5.74) is 1.95. The number of rotatable bonds is 5. The lowest BCUT2D eigenvalue weighted by Gasteiger charge is -2.11. The summed E-state index contributed by atoms with van der Waals surface area (Å²) in [6.45, 7) is 0.445. The first-order valence-corrected chi connectivity index (χ1v) is 8.93. The number of thioether (sulfide) groups is 1. The maximum atomic E-state index is 12.3. The van der Waals surface area contributed by atoms with Gasteiger partial charge in [0.2, 0.25) is 0 Å². The van der Waals surface area contributed by atoms with E-state index in [-0.39, 0.29) is 5.91 Å². The van der Waals surface area contributed by atoms with Gasteiger partial charge < -0.3 is 9.47 Å². The van der Waals surface area contributed by atoms with Crippen molar-refractivity contribution in [3.8, 4) is 11.5 Å². The Morgan fingerprint density at radius 2 is 1.92 bits per heavy atom. The van der Waals surface area contributed by atoms with Crippen LogP contribution >= 0.6 is 11.8 Å². The molecule has 2 aromatic rings. The van der Waals surface area contributed by atoms with E-state index in [1.165, 1.54) is 11.8 Å². The number of carbonyl (C=O) groups is 1. The molecule has 1 aliphatic rings. The van der Waals surface area contributed by atoms with Gasteiger partial charge in [-0.3, -0.25) is 14.7 Å². The molecule has 0 radical (unpaired) electrons. The predicted molar refractivity (Wildman–Crippen MR) is 105 cm³/mol. The third-order valence-corrected chi connectivity index (χ3v) is 5.07. The van der Waals surface area contributed by atoms with Crippen LogP contribution in [0.1, 0.15) is 11.1 Å². The van der Waals surface area contributed by atoms with Crippen LogP contribution < -0.4 is 9.47 Å². The number of likely N-dealkylation sites (N-methyl/N-ethyl adjacent to an activating group) is 1. The molecule has 0 N–H and O–H groups in total. The van der Waals surface area contributed by atoms with Gasteiger partial charge >= 0.3 is 0 Å². The first kappa shape index (κ1) is 18.1. The number of aliphatic imine (C=N–C) groups is 1. The Balaban J connectivity index is 1.83. The summed E-state index contributed by atoms with van der Waals surface area (Å²) in [5, 5.41) is 0.690. The number of ether oxygens (including phenoxy) is 2. The lowest BCUT2D eigenvalue weighted by Crippen LogP contribution is -2.23. The van der Waals surface area contributed by atoms with Crippen LogP contribution in [0.25, 0.3) is 6.08 Å². The quantitative estimate of drug-likeness (QED) is 0.753. The summed E-state index contributed by atoms with van der Waals surface area (Å²) in [5.74, 6) is 1.23. The van der Waals surface area contributed by atoms with Crippen molar-refractivity contribution in [1.82, 2.24) is 4.90 Å². The van der Waals surface area contributed by atoms with Crippen molar-refractivity contribution >= 4 is 28.9 Å². The Hall–Kier alpha value is -2.73. The van der Waals surface area contributed by atoms with Crippen LogP contribution in [0.5, 0.6) is 11.5 Å². The predicted octanol–water partition coefficient (Wildman–Crippen LogP) is 3.81. The van der Waals surface area contributed by atoms with Gasteiger partial charge in [-0.15, -0.1) is 0 Å². The Bertz CT molecular complexity index is 863. The molecular formula is C20H20N2O3S. The van der Waals surface area contributed by atoms with Crippen molar-refractivity contribution in [2.75, 3.05) is 21.2 Å². The average molecular weight is 368 g/mol. The molecule has 1 heterocycles. The van der Waals surface area contributed by atoms with Gasteiger partial charge in [0.1, 0.15) is 6.61 Å². The monoisotopic (exact) mass is 368 g/mol. The van der Waals surface area contributed by atoms with Crippen LogP contribution in [0.4, 0.5) is 0 Å². The number of amidine groups is 1. The lowest BCUT2D eigenvalue weighted by molar-refractivity contribution is -0.121. The lowest BCUT2D eigenvalue weighted by atomic mass is 10.1. The van der Waals surface area contributed by atoms with E-state index in [0.29, 0.717) is 28.2 Å². The van der Waals surface area contributed by atoms with Gasteiger partial charge in [-0.1, -0.05) is 36.4 Å². The summed E-state index contributed by atoms with van der Waals surface area (Å²) < 4.78 is 11.3. The molecule has 2 aromatic carbocycles. The summed E-state index contributed by atoms with van der Waals surface area (Å²) in [6, 6.07) is 15.6. The Morgan fingerprint density at radius 1 is 1.15 bits per heavy atom. The molecule has 5 nitrogen and oxygen atoms in total. The minimum Gasteiger partial charge on any atom is -0.493 e. The molecule has 134 valence electrons. The summed E-state index contributed by atoms with van der Waals surface area (Å²) in [4.78, 5) is 18.6. The number of carbonyl (C=O) groups excluding carboxylic acids is 1. The summed E-state index contributed by atoms with van der Waals surface area (Å²) in [7, 11) is 5.01. The summed E-state index contributed by atoms with van der Waals surface area (Å²) >= 11 is 1.36. The number of nitrogens with zero attached hydrogens (tertiary/aromatic N) is 2. The van der Waals surface area contributed by atoms with Gasteiger partial charge in [-0.05, 0) is 41.1 Å². The number of hydrogen-bond acceptors (Lipinski definition) is 5. The molecule has 1 fully saturated rings. The van der Waals surface area contributed by atoms with E-state index < -0.39 is 0 Å². The van der Waals surface area contributed by atoms with E-state index in [2.05, 4.69) is 4.99 Å². The molecule has 0 aromatic heterocycles. The Kier molecular flexibility index (Phi) is 5.63. The van der Waals surface area contributed by atoms with Crippen molar-refractivity contribution in [3.05, 3.63) is 64.6 Å². The van der Waals surface area contributed by atoms with Gasteiger partial charge in [0.05, 0.1) is 12.0 Å². The fraction of sp³-hybridized carbons (Fsp3) is 0.200. The second-order valence-corrected chi connectivity index (χ2v) is 6.67. The largest absolute Gasteiger partial charge is 0.493 e. The Morgan fingerprint density at radius 3 is 2.58 bits per heavy atom. The molecular weight excluding hydrogens is 348 g/mol. The molecule has 26 heavy (non-hydrogen) atoms. The number of benzene rings is 2. The third-order valence-electron chi connectivity index (χ3n) is 3.92. The SMILES string of the molecule is CN=C1S/C(=C/c2ccc(OC)c(OCc3ccccc3)c2)C(=O)N1C. The molecule has 3 rings (SSSR count). The molecule has 0 spiro atoms. The minimum absolute atomic E-state index is 0.0572. The van der Waals surface area contributed by atoms with Gasteiger partial charge in [0.25, 0.3) is 5.91 Å². The third kappa shape index (κ3) is 3.91. The molecule has 1 amide bonds.